The monoisotopic (exact) mass is 139 g/mol. The molecule has 2 nitrogen and oxygen atoms in total. The van der Waals surface area contributed by atoms with E-state index in [0.717, 1.165) is 11.5 Å². The van der Waals surface area contributed by atoms with Gasteiger partial charge in [-0.3, -0.25) is 0 Å². The Kier molecular flexibility index (Phi) is 1.57. The van der Waals surface area contributed by atoms with Crippen molar-refractivity contribution in [1.82, 2.24) is 0 Å². The summed E-state index contributed by atoms with van der Waals surface area (Å²) in [6, 6.07) is 3.83. The standard InChI is InChI=1S/C8H13NO/c1-6-4-5-7(10-6)8(2,3)9/h4-5H,9H2,1-3H3. The van der Waals surface area contributed by atoms with E-state index >= 15 is 0 Å². The Morgan fingerprint density at radius 2 is 2.00 bits per heavy atom. The van der Waals surface area contributed by atoms with E-state index in [2.05, 4.69) is 0 Å². The van der Waals surface area contributed by atoms with E-state index in [1.807, 2.05) is 32.9 Å². The van der Waals surface area contributed by atoms with Crippen LogP contribution < -0.4 is 5.73 Å². The molecule has 1 aromatic rings. The maximum atomic E-state index is 5.78. The van der Waals surface area contributed by atoms with Gasteiger partial charge in [-0.1, -0.05) is 0 Å². The number of hydrogen-bond acceptors (Lipinski definition) is 2. The first kappa shape index (κ1) is 7.35. The molecule has 0 bridgehead atoms. The van der Waals surface area contributed by atoms with E-state index in [0.29, 0.717) is 0 Å². The lowest BCUT2D eigenvalue weighted by molar-refractivity contribution is 0.382. The van der Waals surface area contributed by atoms with Crippen LogP contribution in [0.15, 0.2) is 16.5 Å². The van der Waals surface area contributed by atoms with Crippen LogP contribution in [0.1, 0.15) is 25.4 Å². The van der Waals surface area contributed by atoms with Gasteiger partial charge < -0.3 is 10.2 Å². The van der Waals surface area contributed by atoms with Crippen LogP contribution in [0.4, 0.5) is 0 Å². The van der Waals surface area contributed by atoms with E-state index in [4.69, 9.17) is 10.2 Å². The van der Waals surface area contributed by atoms with Gasteiger partial charge in [0.15, 0.2) is 0 Å². The third kappa shape index (κ3) is 1.39. The van der Waals surface area contributed by atoms with Crippen molar-refractivity contribution in [3.63, 3.8) is 0 Å². The fraction of sp³-hybridized carbons (Fsp3) is 0.500. The second kappa shape index (κ2) is 2.13. The highest BCUT2D eigenvalue weighted by Gasteiger charge is 2.17. The minimum atomic E-state index is -0.353. The van der Waals surface area contributed by atoms with Crippen LogP contribution in [0.2, 0.25) is 0 Å². The predicted molar refractivity (Wildman–Crippen MR) is 40.7 cm³/mol. The molecule has 0 radical (unpaired) electrons. The first-order valence-corrected chi connectivity index (χ1v) is 3.36. The molecule has 1 heterocycles. The summed E-state index contributed by atoms with van der Waals surface area (Å²) in [5, 5.41) is 0. The molecule has 0 aliphatic heterocycles. The van der Waals surface area contributed by atoms with E-state index in [1.54, 1.807) is 0 Å². The van der Waals surface area contributed by atoms with Crippen LogP contribution >= 0.6 is 0 Å². The SMILES string of the molecule is Cc1ccc(C(C)(C)N)o1. The normalized spacial score (nSPS) is 12.0. The second-order valence-electron chi connectivity index (χ2n) is 3.13. The second-order valence-corrected chi connectivity index (χ2v) is 3.13. The zero-order valence-electron chi connectivity index (χ0n) is 6.64. The zero-order chi connectivity index (χ0) is 7.78. The molecule has 0 fully saturated rings. The highest BCUT2D eigenvalue weighted by Crippen LogP contribution is 2.18. The van der Waals surface area contributed by atoms with Gasteiger partial charge in [0, 0.05) is 0 Å². The number of furan rings is 1. The maximum absolute atomic E-state index is 5.78. The lowest BCUT2D eigenvalue weighted by Crippen LogP contribution is -2.27. The van der Waals surface area contributed by atoms with Crippen molar-refractivity contribution in [3.8, 4) is 0 Å². The van der Waals surface area contributed by atoms with Crippen LogP contribution in [0.25, 0.3) is 0 Å². The molecule has 1 rings (SSSR count). The van der Waals surface area contributed by atoms with Crippen LogP contribution in [0.5, 0.6) is 0 Å². The van der Waals surface area contributed by atoms with Gasteiger partial charge in [0.1, 0.15) is 11.5 Å². The Morgan fingerprint density at radius 1 is 1.40 bits per heavy atom. The van der Waals surface area contributed by atoms with Crippen LogP contribution in [-0.4, -0.2) is 0 Å². The summed E-state index contributed by atoms with van der Waals surface area (Å²) in [6.45, 7) is 5.76. The summed E-state index contributed by atoms with van der Waals surface area (Å²) >= 11 is 0. The first-order chi connectivity index (χ1) is 4.50. The van der Waals surface area contributed by atoms with Crippen molar-refractivity contribution >= 4 is 0 Å². The number of rotatable bonds is 1. The van der Waals surface area contributed by atoms with Gasteiger partial charge in [-0.15, -0.1) is 0 Å². The largest absolute Gasteiger partial charge is 0.464 e. The summed E-state index contributed by atoms with van der Waals surface area (Å²) < 4.78 is 5.32. The molecule has 0 unspecified atom stereocenters. The first-order valence-electron chi connectivity index (χ1n) is 3.36. The molecule has 1 aromatic heterocycles. The van der Waals surface area contributed by atoms with Gasteiger partial charge in [-0.25, -0.2) is 0 Å². The third-order valence-corrected chi connectivity index (χ3v) is 1.38. The van der Waals surface area contributed by atoms with Crippen molar-refractivity contribution in [1.29, 1.82) is 0 Å². The molecule has 0 aliphatic rings. The average molecular weight is 139 g/mol. The fourth-order valence-electron chi connectivity index (χ4n) is 0.781. The minimum Gasteiger partial charge on any atom is -0.464 e. The molecular weight excluding hydrogens is 126 g/mol. The number of nitrogens with two attached hydrogens (primary N) is 1. The molecule has 0 amide bonds. The molecule has 0 spiro atoms. The Balaban J connectivity index is 2.96. The van der Waals surface area contributed by atoms with Gasteiger partial charge in [0.2, 0.25) is 0 Å². The fourth-order valence-corrected chi connectivity index (χ4v) is 0.781. The Morgan fingerprint density at radius 3 is 2.20 bits per heavy atom. The molecule has 0 aromatic carbocycles. The van der Waals surface area contributed by atoms with Crippen molar-refractivity contribution in [2.45, 2.75) is 26.3 Å². The Hall–Kier alpha value is -0.760. The van der Waals surface area contributed by atoms with Crippen molar-refractivity contribution in [2.75, 3.05) is 0 Å². The van der Waals surface area contributed by atoms with E-state index in [9.17, 15) is 0 Å². The van der Waals surface area contributed by atoms with Crippen LogP contribution in [0.3, 0.4) is 0 Å². The molecule has 10 heavy (non-hydrogen) atoms. The average Bonchev–Trinajstić information content (AvgIpc) is 2.11. The Bertz CT molecular complexity index is 219. The van der Waals surface area contributed by atoms with Crippen molar-refractivity contribution in [3.05, 3.63) is 23.7 Å². The smallest absolute Gasteiger partial charge is 0.123 e. The Labute approximate surface area is 61.0 Å². The van der Waals surface area contributed by atoms with Crippen LogP contribution in [0, 0.1) is 6.92 Å². The molecule has 2 heteroatoms. The summed E-state index contributed by atoms with van der Waals surface area (Å²) in [6.07, 6.45) is 0. The lowest BCUT2D eigenvalue weighted by atomic mass is 10.0. The molecule has 2 N–H and O–H groups in total. The predicted octanol–water partition coefficient (Wildman–Crippen LogP) is 1.78. The van der Waals surface area contributed by atoms with Gasteiger partial charge in [-0.05, 0) is 32.9 Å². The molecule has 56 valence electrons. The maximum Gasteiger partial charge on any atom is 0.123 e. The molecule has 0 aliphatic carbocycles. The minimum absolute atomic E-state index is 0.353. The van der Waals surface area contributed by atoms with Crippen LogP contribution in [-0.2, 0) is 5.54 Å². The molecular formula is C8H13NO. The van der Waals surface area contributed by atoms with Gasteiger partial charge in [0.05, 0.1) is 5.54 Å². The summed E-state index contributed by atoms with van der Waals surface area (Å²) in [7, 11) is 0. The van der Waals surface area contributed by atoms with E-state index < -0.39 is 0 Å². The lowest BCUT2D eigenvalue weighted by Gasteiger charge is -2.14. The molecule has 0 atom stereocenters. The van der Waals surface area contributed by atoms with Crippen molar-refractivity contribution in [2.24, 2.45) is 5.73 Å². The summed E-state index contributed by atoms with van der Waals surface area (Å²) in [5.41, 5.74) is 5.42. The van der Waals surface area contributed by atoms with Gasteiger partial charge in [-0.2, -0.15) is 0 Å². The van der Waals surface area contributed by atoms with Gasteiger partial charge >= 0.3 is 0 Å². The topological polar surface area (TPSA) is 39.2 Å². The zero-order valence-corrected chi connectivity index (χ0v) is 6.64. The summed E-state index contributed by atoms with van der Waals surface area (Å²) in [4.78, 5) is 0. The molecule has 0 saturated heterocycles. The number of hydrogen-bond donors (Lipinski definition) is 1. The highest BCUT2D eigenvalue weighted by atomic mass is 16.3. The third-order valence-electron chi connectivity index (χ3n) is 1.38. The number of aryl methyl sites for hydroxylation is 1. The quantitative estimate of drug-likeness (QED) is 0.644. The molecule has 0 saturated carbocycles. The van der Waals surface area contributed by atoms with Crippen molar-refractivity contribution < 1.29 is 4.42 Å². The van der Waals surface area contributed by atoms with E-state index in [-0.39, 0.29) is 5.54 Å². The van der Waals surface area contributed by atoms with Gasteiger partial charge in [0.25, 0.3) is 0 Å². The highest BCUT2D eigenvalue weighted by molar-refractivity contribution is 5.12. The summed E-state index contributed by atoms with van der Waals surface area (Å²) in [5.74, 6) is 1.75. The van der Waals surface area contributed by atoms with E-state index in [1.165, 1.54) is 0 Å².